The first-order chi connectivity index (χ1) is 19.3. The van der Waals surface area contributed by atoms with Gasteiger partial charge in [-0.3, -0.25) is 0 Å². The number of ether oxygens (including phenoxy) is 1. The maximum absolute atomic E-state index is 13.8. The summed E-state index contributed by atoms with van der Waals surface area (Å²) >= 11 is -0.924. The van der Waals surface area contributed by atoms with Crippen LogP contribution >= 0.6 is 0 Å². The second kappa shape index (κ2) is 9.10. The van der Waals surface area contributed by atoms with E-state index in [1.807, 2.05) is 59.3 Å². The third-order valence-corrected chi connectivity index (χ3v) is 9.90. The molecule has 0 radical (unpaired) electrons. The Kier molecular flexibility index (Phi) is 5.72. The Bertz CT molecular complexity index is 1670. The molecule has 5 heterocycles. The van der Waals surface area contributed by atoms with E-state index >= 15 is 0 Å². The minimum Gasteiger partial charge on any atom is -0.616 e. The topological polar surface area (TPSA) is 95.6 Å². The second-order valence-corrected chi connectivity index (χ2v) is 12.5. The maximum Gasteiger partial charge on any atom is 0.214 e. The number of morpholine rings is 1. The largest absolute Gasteiger partial charge is 0.616 e. The molecule has 0 amide bonds. The molecule has 1 N–H and O–H groups in total. The number of imidazole rings is 2. The van der Waals surface area contributed by atoms with Crippen LogP contribution in [0.15, 0.2) is 66.1 Å². The second-order valence-electron chi connectivity index (χ2n) is 11.0. The SMILES string of the molecule is CCc1cn(-c2ccc(/C=C3\OC4(CN5C3=NNCC5(C)c3ccc(F)cc3)C[S+]([O-])C4)c3c2ncn3C)cn1. The zero-order valence-corrected chi connectivity index (χ0v) is 23.4. The quantitative estimate of drug-likeness (QED) is 0.385. The van der Waals surface area contributed by atoms with E-state index in [-0.39, 0.29) is 5.82 Å². The van der Waals surface area contributed by atoms with Gasteiger partial charge in [-0.15, -0.1) is 0 Å². The smallest absolute Gasteiger partial charge is 0.214 e. The lowest BCUT2D eigenvalue weighted by Crippen LogP contribution is -2.71. The molecule has 1 unspecified atom stereocenters. The molecule has 40 heavy (non-hydrogen) atoms. The Morgan fingerprint density at radius 1 is 1.15 bits per heavy atom. The zero-order chi connectivity index (χ0) is 27.6. The Morgan fingerprint density at radius 2 is 1.95 bits per heavy atom. The third kappa shape index (κ3) is 3.90. The number of hydrazone groups is 1. The number of benzene rings is 2. The molecule has 0 aliphatic carbocycles. The van der Waals surface area contributed by atoms with E-state index in [1.54, 1.807) is 0 Å². The van der Waals surface area contributed by atoms with Gasteiger partial charge in [-0.05, 0) is 54.4 Å². The lowest BCUT2D eigenvalue weighted by atomic mass is 9.86. The third-order valence-electron chi connectivity index (χ3n) is 8.20. The lowest BCUT2D eigenvalue weighted by molar-refractivity contribution is -0.0302. The van der Waals surface area contributed by atoms with Crippen molar-refractivity contribution in [2.75, 3.05) is 24.6 Å². The summed E-state index contributed by atoms with van der Waals surface area (Å²) < 4.78 is 36.8. The Labute approximate surface area is 234 Å². The number of amidine groups is 1. The van der Waals surface area contributed by atoms with Gasteiger partial charge in [0.25, 0.3) is 0 Å². The summed E-state index contributed by atoms with van der Waals surface area (Å²) in [6.07, 6.45) is 8.52. The van der Waals surface area contributed by atoms with Crippen LogP contribution in [-0.2, 0) is 34.9 Å². The van der Waals surface area contributed by atoms with Gasteiger partial charge in [-0.1, -0.05) is 25.1 Å². The molecule has 2 saturated heterocycles. The summed E-state index contributed by atoms with van der Waals surface area (Å²) in [6.45, 7) is 5.29. The number of nitrogens with zero attached hydrogens (tertiary/aromatic N) is 6. The van der Waals surface area contributed by atoms with Crippen LogP contribution in [0.1, 0.15) is 30.7 Å². The van der Waals surface area contributed by atoms with Gasteiger partial charge in [0, 0.05) is 18.8 Å². The van der Waals surface area contributed by atoms with Crippen LogP contribution in [0.25, 0.3) is 22.8 Å². The van der Waals surface area contributed by atoms with E-state index < -0.39 is 22.3 Å². The lowest BCUT2D eigenvalue weighted by Gasteiger charge is -2.55. The fourth-order valence-electron chi connectivity index (χ4n) is 5.98. The number of nitrogens with one attached hydrogen (secondary N) is 1. The predicted molar refractivity (Wildman–Crippen MR) is 153 cm³/mol. The molecule has 0 saturated carbocycles. The number of fused-ring (bicyclic) bond motifs is 2. The average molecular weight is 560 g/mol. The van der Waals surface area contributed by atoms with Gasteiger partial charge in [0.2, 0.25) is 5.60 Å². The average Bonchev–Trinajstić information content (AvgIpc) is 3.56. The first kappa shape index (κ1) is 25.2. The number of halogens is 1. The van der Waals surface area contributed by atoms with Crippen molar-refractivity contribution in [2.45, 2.75) is 31.4 Å². The van der Waals surface area contributed by atoms with Crippen molar-refractivity contribution in [3.05, 3.63) is 83.6 Å². The first-order valence-corrected chi connectivity index (χ1v) is 14.8. The molecule has 3 aliphatic heterocycles. The van der Waals surface area contributed by atoms with Crippen LogP contribution in [-0.4, -0.2) is 64.6 Å². The highest BCUT2D eigenvalue weighted by Crippen LogP contribution is 2.43. The molecular formula is C29H30FN7O2S. The molecule has 11 heteroatoms. The van der Waals surface area contributed by atoms with Crippen LogP contribution in [0.4, 0.5) is 4.39 Å². The van der Waals surface area contributed by atoms with E-state index in [4.69, 9.17) is 14.8 Å². The van der Waals surface area contributed by atoms with E-state index in [9.17, 15) is 8.94 Å². The highest BCUT2D eigenvalue weighted by atomic mass is 32.2. The van der Waals surface area contributed by atoms with Crippen LogP contribution in [0.5, 0.6) is 0 Å². The molecule has 7 rings (SSSR count). The molecule has 1 atom stereocenters. The van der Waals surface area contributed by atoms with E-state index in [0.29, 0.717) is 36.2 Å². The van der Waals surface area contributed by atoms with Gasteiger partial charge in [0.1, 0.15) is 11.3 Å². The van der Waals surface area contributed by atoms with Gasteiger partial charge < -0.3 is 28.7 Å². The standard InChI is InChI=1S/C29H30FN7O2S/c1-4-22-12-36(18-31-22)23-10-5-19(26-25(23)32-17-35(26)3)11-24-27-34-33-13-28(2,20-6-8-21(30)9-7-20)37(27)14-29(39-24)15-40(38)16-29/h5-12,17-18,33H,4,13-16H2,1-3H3/b24-11-. The number of rotatable bonds is 4. The molecule has 1 spiro atoms. The summed E-state index contributed by atoms with van der Waals surface area (Å²) in [5, 5.41) is 4.69. The van der Waals surface area contributed by atoms with Gasteiger partial charge in [0.15, 0.2) is 23.1 Å². The van der Waals surface area contributed by atoms with E-state index in [2.05, 4.69) is 35.2 Å². The van der Waals surface area contributed by atoms with Crippen molar-refractivity contribution in [1.82, 2.24) is 29.4 Å². The fraction of sp³-hybridized carbons (Fsp3) is 0.345. The Hall–Kier alpha value is -3.83. The number of aryl methyl sites for hydroxylation is 2. The van der Waals surface area contributed by atoms with Crippen molar-refractivity contribution in [1.29, 1.82) is 0 Å². The van der Waals surface area contributed by atoms with Crippen LogP contribution < -0.4 is 5.43 Å². The van der Waals surface area contributed by atoms with Crippen LogP contribution in [0.2, 0.25) is 0 Å². The van der Waals surface area contributed by atoms with E-state index in [1.165, 1.54) is 12.1 Å². The highest BCUT2D eigenvalue weighted by Gasteiger charge is 2.59. The van der Waals surface area contributed by atoms with Gasteiger partial charge in [-0.25, -0.2) is 14.4 Å². The van der Waals surface area contributed by atoms with Gasteiger partial charge in [0.05, 0.1) is 48.2 Å². The van der Waals surface area contributed by atoms with Crippen LogP contribution in [0, 0.1) is 5.82 Å². The molecule has 2 aromatic heterocycles. The molecule has 4 aromatic rings. The van der Waals surface area contributed by atoms with Crippen molar-refractivity contribution in [3.8, 4) is 5.69 Å². The number of hydrogen-bond acceptors (Lipinski definition) is 7. The van der Waals surface area contributed by atoms with Crippen LogP contribution in [0.3, 0.4) is 0 Å². The van der Waals surface area contributed by atoms with Crippen molar-refractivity contribution in [3.63, 3.8) is 0 Å². The fourth-order valence-corrected chi connectivity index (χ4v) is 7.37. The summed E-state index contributed by atoms with van der Waals surface area (Å²) in [4.78, 5) is 11.4. The monoisotopic (exact) mass is 559 g/mol. The molecule has 0 bridgehead atoms. The summed E-state index contributed by atoms with van der Waals surface area (Å²) in [7, 11) is 1.97. The summed E-state index contributed by atoms with van der Waals surface area (Å²) in [6, 6.07) is 10.7. The molecular weight excluding hydrogens is 529 g/mol. The summed E-state index contributed by atoms with van der Waals surface area (Å²) in [5.41, 5.74) is 7.78. The number of hydrogen-bond donors (Lipinski definition) is 1. The Morgan fingerprint density at radius 3 is 2.67 bits per heavy atom. The highest BCUT2D eigenvalue weighted by molar-refractivity contribution is 7.93. The zero-order valence-electron chi connectivity index (χ0n) is 22.6. The normalized spacial score (nSPS) is 26.8. The molecule has 3 aliphatic rings. The molecule has 2 fully saturated rings. The van der Waals surface area contributed by atoms with Crippen molar-refractivity contribution in [2.24, 2.45) is 12.1 Å². The van der Waals surface area contributed by atoms with Crippen molar-refractivity contribution < 1.29 is 13.7 Å². The molecule has 206 valence electrons. The minimum absolute atomic E-state index is 0.274. The van der Waals surface area contributed by atoms with Gasteiger partial charge >= 0.3 is 0 Å². The number of aromatic nitrogens is 4. The minimum atomic E-state index is -0.924. The van der Waals surface area contributed by atoms with Gasteiger partial charge in [-0.2, -0.15) is 5.10 Å². The molecule has 2 aromatic carbocycles. The van der Waals surface area contributed by atoms with E-state index in [0.717, 1.165) is 40.0 Å². The van der Waals surface area contributed by atoms with Crippen molar-refractivity contribution >= 4 is 34.1 Å². The first-order valence-electron chi connectivity index (χ1n) is 13.4. The Balaban J connectivity index is 1.34. The molecule has 9 nitrogen and oxygen atoms in total. The summed E-state index contributed by atoms with van der Waals surface area (Å²) in [5.74, 6) is 1.92. The maximum atomic E-state index is 13.8. The predicted octanol–water partition coefficient (Wildman–Crippen LogP) is 3.47.